The highest BCUT2D eigenvalue weighted by atomic mass is 16.6. The standard InChI is InChI=1S/C40H60O6/c1-3-5-7-9-11-13-15-17-30-43-35-26-22-33(23-27-35)39(41)45-37-20-19-21-38(32-37)46-40(42)34-24-28-36(29-25-34)44-31-18-16-14-12-10-8-6-4-2/h22-29,37-38H,3-21,30-32H2,1-2H3. The SMILES string of the molecule is CCCCCCCCCCOc1ccc(C(=O)OC2CCCC(OC(=O)c3ccc(OCCCCCCCCCC)cc3)C2)cc1. The third kappa shape index (κ3) is 15.5. The first kappa shape index (κ1) is 37.4. The predicted molar refractivity (Wildman–Crippen MR) is 186 cm³/mol. The molecular weight excluding hydrogens is 576 g/mol. The second-order valence-electron chi connectivity index (χ2n) is 12.9. The lowest BCUT2D eigenvalue weighted by Gasteiger charge is -2.28. The van der Waals surface area contributed by atoms with Crippen LogP contribution >= 0.6 is 0 Å². The van der Waals surface area contributed by atoms with Gasteiger partial charge in [-0.05, 0) is 80.6 Å². The second-order valence-corrected chi connectivity index (χ2v) is 12.9. The molecule has 1 saturated carbocycles. The topological polar surface area (TPSA) is 71.1 Å². The van der Waals surface area contributed by atoms with Gasteiger partial charge in [0, 0.05) is 6.42 Å². The van der Waals surface area contributed by atoms with Crippen LogP contribution in [-0.4, -0.2) is 37.4 Å². The van der Waals surface area contributed by atoms with Crippen LogP contribution in [-0.2, 0) is 9.47 Å². The summed E-state index contributed by atoms with van der Waals surface area (Å²) in [4.78, 5) is 25.7. The van der Waals surface area contributed by atoms with Gasteiger partial charge in [-0.1, -0.05) is 104 Å². The molecule has 3 rings (SSSR count). The van der Waals surface area contributed by atoms with Crippen molar-refractivity contribution in [2.45, 2.75) is 154 Å². The third-order valence-corrected chi connectivity index (χ3v) is 8.84. The zero-order valence-corrected chi connectivity index (χ0v) is 28.8. The number of unbranched alkanes of at least 4 members (excludes halogenated alkanes) is 14. The highest BCUT2D eigenvalue weighted by Gasteiger charge is 2.28. The van der Waals surface area contributed by atoms with Crippen LogP contribution in [0.2, 0.25) is 0 Å². The van der Waals surface area contributed by atoms with E-state index in [-0.39, 0.29) is 24.1 Å². The summed E-state index contributed by atoms with van der Waals surface area (Å²) in [5, 5.41) is 0. The second kappa shape index (κ2) is 23.3. The molecule has 1 aliphatic rings. The molecule has 0 N–H and O–H groups in total. The van der Waals surface area contributed by atoms with E-state index in [4.69, 9.17) is 18.9 Å². The smallest absolute Gasteiger partial charge is 0.338 e. The molecule has 1 fully saturated rings. The summed E-state index contributed by atoms with van der Waals surface area (Å²) in [7, 11) is 0. The van der Waals surface area contributed by atoms with Gasteiger partial charge in [-0.2, -0.15) is 0 Å². The highest BCUT2D eigenvalue weighted by molar-refractivity contribution is 5.90. The average molecular weight is 637 g/mol. The molecule has 0 heterocycles. The fourth-order valence-corrected chi connectivity index (χ4v) is 5.98. The maximum absolute atomic E-state index is 12.8. The fourth-order valence-electron chi connectivity index (χ4n) is 5.98. The number of ether oxygens (including phenoxy) is 4. The minimum atomic E-state index is -0.353. The van der Waals surface area contributed by atoms with E-state index >= 15 is 0 Å². The van der Waals surface area contributed by atoms with E-state index in [1.54, 1.807) is 24.3 Å². The van der Waals surface area contributed by atoms with Gasteiger partial charge in [0.15, 0.2) is 0 Å². The predicted octanol–water partition coefficient (Wildman–Crippen LogP) is 11.1. The zero-order chi connectivity index (χ0) is 32.7. The van der Waals surface area contributed by atoms with Crippen LogP contribution in [0.15, 0.2) is 48.5 Å². The van der Waals surface area contributed by atoms with Crippen LogP contribution in [0, 0.1) is 0 Å². The number of carbonyl (C=O) groups is 2. The van der Waals surface area contributed by atoms with Crippen molar-refractivity contribution >= 4 is 11.9 Å². The summed E-state index contributed by atoms with van der Waals surface area (Å²) in [6, 6.07) is 14.4. The van der Waals surface area contributed by atoms with Gasteiger partial charge in [0.25, 0.3) is 0 Å². The molecule has 6 heteroatoms. The van der Waals surface area contributed by atoms with Crippen LogP contribution in [0.1, 0.15) is 163 Å². The van der Waals surface area contributed by atoms with E-state index in [0.29, 0.717) is 30.8 Å². The molecule has 0 bridgehead atoms. The summed E-state index contributed by atoms with van der Waals surface area (Å²) < 4.78 is 23.3. The molecule has 0 saturated heterocycles. The molecule has 6 nitrogen and oxygen atoms in total. The van der Waals surface area contributed by atoms with E-state index in [1.807, 2.05) is 24.3 Å². The number of hydrogen-bond acceptors (Lipinski definition) is 6. The van der Waals surface area contributed by atoms with Gasteiger partial charge < -0.3 is 18.9 Å². The van der Waals surface area contributed by atoms with Gasteiger partial charge in [-0.25, -0.2) is 9.59 Å². The normalized spacial score (nSPS) is 16.1. The van der Waals surface area contributed by atoms with Crippen molar-refractivity contribution in [1.82, 2.24) is 0 Å². The summed E-state index contributed by atoms with van der Waals surface area (Å²) in [6.07, 6.45) is 22.6. The van der Waals surface area contributed by atoms with Crippen LogP contribution in [0.3, 0.4) is 0 Å². The molecule has 46 heavy (non-hydrogen) atoms. The minimum absolute atomic E-state index is 0.274. The Hall–Kier alpha value is -3.02. The monoisotopic (exact) mass is 636 g/mol. The minimum Gasteiger partial charge on any atom is -0.494 e. The van der Waals surface area contributed by atoms with Gasteiger partial charge in [-0.15, -0.1) is 0 Å². The summed E-state index contributed by atoms with van der Waals surface area (Å²) in [6.45, 7) is 5.88. The van der Waals surface area contributed by atoms with Crippen molar-refractivity contribution in [3.8, 4) is 11.5 Å². The molecule has 2 unspecified atom stereocenters. The van der Waals surface area contributed by atoms with Gasteiger partial charge in [-0.3, -0.25) is 0 Å². The Morgan fingerprint density at radius 2 is 0.870 bits per heavy atom. The first-order chi connectivity index (χ1) is 22.6. The molecule has 0 radical (unpaired) electrons. The van der Waals surface area contributed by atoms with Crippen LogP contribution in [0.25, 0.3) is 0 Å². The Kier molecular flexibility index (Phi) is 19.0. The molecule has 2 aromatic carbocycles. The van der Waals surface area contributed by atoms with E-state index < -0.39 is 0 Å². The Morgan fingerprint density at radius 3 is 1.24 bits per heavy atom. The van der Waals surface area contributed by atoms with Crippen molar-refractivity contribution in [1.29, 1.82) is 0 Å². The number of benzene rings is 2. The van der Waals surface area contributed by atoms with Crippen molar-refractivity contribution in [3.05, 3.63) is 59.7 Å². The number of hydrogen-bond donors (Lipinski definition) is 0. The van der Waals surface area contributed by atoms with Crippen molar-refractivity contribution < 1.29 is 28.5 Å². The van der Waals surface area contributed by atoms with Crippen molar-refractivity contribution in [3.63, 3.8) is 0 Å². The lowest BCUT2D eigenvalue weighted by molar-refractivity contribution is -0.0177. The highest BCUT2D eigenvalue weighted by Crippen LogP contribution is 2.26. The number of esters is 2. The maximum Gasteiger partial charge on any atom is 0.338 e. The number of rotatable bonds is 24. The van der Waals surface area contributed by atoms with E-state index in [1.165, 1.54) is 89.9 Å². The fraction of sp³-hybridized carbons (Fsp3) is 0.650. The van der Waals surface area contributed by atoms with Crippen LogP contribution < -0.4 is 9.47 Å². The number of carbonyl (C=O) groups excluding carboxylic acids is 2. The largest absolute Gasteiger partial charge is 0.494 e. The molecule has 0 aromatic heterocycles. The van der Waals surface area contributed by atoms with E-state index in [9.17, 15) is 9.59 Å². The lowest BCUT2D eigenvalue weighted by Crippen LogP contribution is -2.31. The first-order valence-corrected chi connectivity index (χ1v) is 18.5. The molecular formula is C40H60O6. The quantitative estimate of drug-likeness (QED) is 0.0843. The molecule has 0 aliphatic heterocycles. The Balaban J connectivity index is 1.30. The van der Waals surface area contributed by atoms with Crippen LogP contribution in [0.4, 0.5) is 0 Å². The first-order valence-electron chi connectivity index (χ1n) is 18.5. The van der Waals surface area contributed by atoms with Crippen molar-refractivity contribution in [2.24, 2.45) is 0 Å². The van der Waals surface area contributed by atoms with E-state index in [2.05, 4.69) is 13.8 Å². The van der Waals surface area contributed by atoms with Crippen LogP contribution in [0.5, 0.6) is 11.5 Å². The van der Waals surface area contributed by atoms with Gasteiger partial charge in [0.05, 0.1) is 24.3 Å². The summed E-state index contributed by atoms with van der Waals surface area (Å²) in [5.41, 5.74) is 1.01. The third-order valence-electron chi connectivity index (χ3n) is 8.84. The zero-order valence-electron chi connectivity index (χ0n) is 28.8. The van der Waals surface area contributed by atoms with Gasteiger partial charge >= 0.3 is 11.9 Å². The molecule has 2 atom stereocenters. The molecule has 0 amide bonds. The maximum atomic E-state index is 12.8. The van der Waals surface area contributed by atoms with Gasteiger partial charge in [0.2, 0.25) is 0 Å². The Bertz CT molecular complexity index is 994. The average Bonchev–Trinajstić information content (AvgIpc) is 3.07. The summed E-state index contributed by atoms with van der Waals surface area (Å²) >= 11 is 0. The van der Waals surface area contributed by atoms with Gasteiger partial charge in [0.1, 0.15) is 23.7 Å². The Labute approximate surface area is 278 Å². The molecule has 1 aliphatic carbocycles. The lowest BCUT2D eigenvalue weighted by atomic mass is 9.94. The molecule has 0 spiro atoms. The van der Waals surface area contributed by atoms with Crippen molar-refractivity contribution in [2.75, 3.05) is 13.2 Å². The van der Waals surface area contributed by atoms with E-state index in [0.717, 1.165) is 43.6 Å². The Morgan fingerprint density at radius 1 is 0.522 bits per heavy atom. The molecule has 256 valence electrons. The molecule has 2 aromatic rings. The summed E-state index contributed by atoms with van der Waals surface area (Å²) in [5.74, 6) is 0.836.